The highest BCUT2D eigenvalue weighted by Crippen LogP contribution is 2.53. The zero-order valence-electron chi connectivity index (χ0n) is 32.5. The molecule has 12 aromatic carbocycles. The minimum absolute atomic E-state index is 0.664. The topological polar surface area (TPSA) is 40.5 Å². The van der Waals surface area contributed by atoms with Crippen LogP contribution in [0.25, 0.3) is 86.9 Å². The number of benzene rings is 12. The average molecular weight is 765 g/mol. The Morgan fingerprint density at radius 2 is 0.550 bits per heavy atom. The summed E-state index contributed by atoms with van der Waals surface area (Å²) < 4.78 is 0. The van der Waals surface area contributed by atoms with Crippen LogP contribution in [0.3, 0.4) is 0 Å². The maximum Gasteiger partial charge on any atom is 0.141 e. The lowest BCUT2D eigenvalue weighted by atomic mass is 9.63. The molecular formula is C58H36O2. The molecule has 2 N–H and O–H groups in total. The van der Waals surface area contributed by atoms with Gasteiger partial charge in [-0.3, -0.25) is 0 Å². The summed E-state index contributed by atoms with van der Waals surface area (Å²) in [6.07, 6.45) is 0. The Morgan fingerprint density at radius 1 is 0.250 bits per heavy atom. The van der Waals surface area contributed by atoms with Crippen molar-refractivity contribution in [3.05, 3.63) is 240 Å². The fraction of sp³-hybridized carbons (Fsp3) is 0.0345. The van der Waals surface area contributed by atoms with E-state index in [2.05, 4.69) is 158 Å². The third-order valence-electron chi connectivity index (χ3n) is 13.7. The first kappa shape index (κ1) is 33.6. The summed E-state index contributed by atoms with van der Waals surface area (Å²) in [4.78, 5) is 0. The minimum Gasteiger partial charge on any atom is -0.376 e. The largest absolute Gasteiger partial charge is 0.376 e. The Kier molecular flexibility index (Phi) is 6.77. The molecule has 0 unspecified atom stereocenters. The fourth-order valence-electron chi connectivity index (χ4n) is 10.9. The van der Waals surface area contributed by atoms with Crippen LogP contribution in [0.2, 0.25) is 0 Å². The van der Waals surface area contributed by atoms with Gasteiger partial charge in [0.05, 0.1) is 0 Å². The number of fused-ring (bicyclic) bond motifs is 2. The van der Waals surface area contributed by atoms with E-state index in [1.807, 2.05) is 48.5 Å². The van der Waals surface area contributed by atoms with Crippen LogP contribution in [-0.2, 0) is 11.2 Å². The van der Waals surface area contributed by atoms with Crippen molar-refractivity contribution >= 4 is 64.6 Å². The van der Waals surface area contributed by atoms with Gasteiger partial charge in [-0.25, -0.2) is 0 Å². The van der Waals surface area contributed by atoms with Crippen molar-refractivity contribution in [1.82, 2.24) is 0 Å². The Bertz CT molecular complexity index is 3350. The maximum atomic E-state index is 13.2. The van der Waals surface area contributed by atoms with E-state index in [1.165, 1.54) is 64.6 Å². The second kappa shape index (κ2) is 12.1. The van der Waals surface area contributed by atoms with Crippen LogP contribution in [0.4, 0.5) is 0 Å². The molecule has 0 spiro atoms. The summed E-state index contributed by atoms with van der Waals surface area (Å²) in [6.45, 7) is 0. The van der Waals surface area contributed by atoms with Crippen molar-refractivity contribution in [1.29, 1.82) is 0 Å². The van der Waals surface area contributed by atoms with Gasteiger partial charge >= 0.3 is 0 Å². The van der Waals surface area contributed by atoms with Crippen molar-refractivity contribution in [2.24, 2.45) is 0 Å². The van der Waals surface area contributed by atoms with E-state index in [1.54, 1.807) is 0 Å². The van der Waals surface area contributed by atoms with Crippen molar-refractivity contribution in [3.63, 3.8) is 0 Å². The van der Waals surface area contributed by atoms with Gasteiger partial charge in [-0.2, -0.15) is 0 Å². The number of rotatable bonds is 4. The highest BCUT2D eigenvalue weighted by molar-refractivity contribution is 6.26. The fourth-order valence-corrected chi connectivity index (χ4v) is 10.9. The van der Waals surface area contributed by atoms with Crippen LogP contribution in [-0.4, -0.2) is 10.2 Å². The van der Waals surface area contributed by atoms with Crippen LogP contribution in [0.5, 0.6) is 0 Å². The van der Waals surface area contributed by atoms with E-state index < -0.39 is 11.2 Å². The molecule has 0 radical (unpaired) electrons. The van der Waals surface area contributed by atoms with Gasteiger partial charge in [-0.15, -0.1) is 0 Å². The number of aliphatic hydroxyl groups is 2. The van der Waals surface area contributed by atoms with E-state index in [4.69, 9.17) is 0 Å². The van der Waals surface area contributed by atoms with Crippen molar-refractivity contribution in [2.75, 3.05) is 0 Å². The first-order valence-electron chi connectivity index (χ1n) is 20.7. The lowest BCUT2D eigenvalue weighted by Crippen LogP contribution is -2.44. The van der Waals surface area contributed by atoms with Gasteiger partial charge in [0.15, 0.2) is 0 Å². The predicted octanol–water partition coefficient (Wildman–Crippen LogP) is 13.7. The first-order valence-corrected chi connectivity index (χ1v) is 20.7. The van der Waals surface area contributed by atoms with Gasteiger partial charge in [0.1, 0.15) is 11.2 Å². The zero-order chi connectivity index (χ0) is 39.7. The van der Waals surface area contributed by atoms with Gasteiger partial charge in [0.25, 0.3) is 0 Å². The summed E-state index contributed by atoms with van der Waals surface area (Å²) in [7, 11) is 0. The summed E-state index contributed by atoms with van der Waals surface area (Å²) in [5.41, 5.74) is 5.60. The van der Waals surface area contributed by atoms with Gasteiger partial charge < -0.3 is 10.2 Å². The smallest absolute Gasteiger partial charge is 0.141 e. The Morgan fingerprint density at radius 3 is 0.900 bits per heavy atom. The van der Waals surface area contributed by atoms with Gasteiger partial charge in [-0.1, -0.05) is 206 Å². The Balaban J connectivity index is 0.923. The standard InChI is InChI=1S/C58H36O2/c59-57(43-27-19-35(20-28-43)45-31-23-41-17-15-37-7-5-9-39-25-33-47(45)55(41)53(37)39)49-11-1-2-12-50(49)58(60,52-14-4-3-13-51(52)57)44-29-21-36(22-30-44)46-32-24-42-18-16-38-8-6-10-40-26-34-48(46)56(42)54(38)40/h1-34,59-60H. The molecule has 0 heterocycles. The molecule has 1 aliphatic carbocycles. The second-order valence-electron chi connectivity index (χ2n) is 16.6. The van der Waals surface area contributed by atoms with Crippen LogP contribution < -0.4 is 0 Å². The van der Waals surface area contributed by atoms with Crippen LogP contribution in [0.1, 0.15) is 33.4 Å². The molecular weight excluding hydrogens is 729 g/mol. The molecule has 0 amide bonds. The molecule has 0 aromatic heterocycles. The van der Waals surface area contributed by atoms with Gasteiger partial charge in [0.2, 0.25) is 0 Å². The van der Waals surface area contributed by atoms with Gasteiger partial charge in [0, 0.05) is 0 Å². The molecule has 0 saturated carbocycles. The number of hydrogen-bond donors (Lipinski definition) is 2. The molecule has 2 nitrogen and oxygen atoms in total. The Hall–Kier alpha value is -7.36. The van der Waals surface area contributed by atoms with E-state index in [9.17, 15) is 10.2 Å². The van der Waals surface area contributed by atoms with Crippen molar-refractivity contribution < 1.29 is 10.2 Å². The predicted molar refractivity (Wildman–Crippen MR) is 248 cm³/mol. The Labute approximate surface area is 346 Å². The normalized spacial score (nSPS) is 17.6. The molecule has 13 rings (SSSR count). The molecule has 60 heavy (non-hydrogen) atoms. The zero-order valence-corrected chi connectivity index (χ0v) is 32.5. The summed E-state index contributed by atoms with van der Waals surface area (Å²) >= 11 is 0. The van der Waals surface area contributed by atoms with Crippen molar-refractivity contribution in [3.8, 4) is 22.3 Å². The lowest BCUT2D eigenvalue weighted by Gasteiger charge is -2.45. The highest BCUT2D eigenvalue weighted by Gasteiger charge is 2.50. The molecule has 12 aromatic rings. The monoisotopic (exact) mass is 764 g/mol. The maximum absolute atomic E-state index is 13.2. The SMILES string of the molecule is OC1(c2ccc(-c3ccc4ccc5cccc6ccc3c4c56)cc2)c2ccccc2C(O)(c2ccc(-c3ccc4ccc5cccc6ccc3c4c56)cc2)c2ccccc21. The van der Waals surface area contributed by atoms with E-state index in [0.29, 0.717) is 22.3 Å². The van der Waals surface area contributed by atoms with Crippen LogP contribution in [0.15, 0.2) is 206 Å². The van der Waals surface area contributed by atoms with Crippen LogP contribution >= 0.6 is 0 Å². The molecule has 2 heteroatoms. The molecule has 280 valence electrons. The molecule has 0 bridgehead atoms. The molecule has 0 saturated heterocycles. The van der Waals surface area contributed by atoms with E-state index >= 15 is 0 Å². The highest BCUT2D eigenvalue weighted by atomic mass is 16.3. The summed E-state index contributed by atoms with van der Waals surface area (Å²) in [5.74, 6) is 0. The van der Waals surface area contributed by atoms with E-state index in [-0.39, 0.29) is 0 Å². The minimum atomic E-state index is -1.51. The molecule has 0 aliphatic heterocycles. The second-order valence-corrected chi connectivity index (χ2v) is 16.6. The third-order valence-corrected chi connectivity index (χ3v) is 13.7. The molecule has 0 atom stereocenters. The summed E-state index contributed by atoms with van der Waals surface area (Å²) in [5, 5.41) is 41.5. The lowest BCUT2D eigenvalue weighted by molar-refractivity contribution is 0.0748. The van der Waals surface area contributed by atoms with E-state index in [0.717, 1.165) is 33.4 Å². The van der Waals surface area contributed by atoms with Gasteiger partial charge in [-0.05, 0) is 120 Å². The number of hydrogen-bond acceptors (Lipinski definition) is 2. The quantitative estimate of drug-likeness (QED) is 0.175. The van der Waals surface area contributed by atoms with Crippen molar-refractivity contribution in [2.45, 2.75) is 11.2 Å². The summed E-state index contributed by atoms with van der Waals surface area (Å²) in [6, 6.07) is 72.0. The molecule has 1 aliphatic rings. The van der Waals surface area contributed by atoms with Crippen LogP contribution in [0, 0.1) is 0 Å². The molecule has 0 fully saturated rings. The first-order chi connectivity index (χ1) is 29.5. The third kappa shape index (κ3) is 4.39. The average Bonchev–Trinajstić information content (AvgIpc) is 3.32.